The van der Waals surface area contributed by atoms with E-state index in [9.17, 15) is 9.50 Å². The van der Waals surface area contributed by atoms with Crippen LogP contribution in [0.1, 0.15) is 18.1 Å². The molecule has 0 radical (unpaired) electrons. The number of hydrogen-bond acceptors (Lipinski definition) is 1. The summed E-state index contributed by atoms with van der Waals surface area (Å²) in [6.07, 6.45) is 0. The number of rotatable bonds is 2. The van der Waals surface area contributed by atoms with Gasteiger partial charge in [0.05, 0.1) is 0 Å². The average Bonchev–Trinajstić information content (AvgIpc) is 2.09. The van der Waals surface area contributed by atoms with Crippen molar-refractivity contribution in [2.45, 2.75) is 19.4 Å². The topological polar surface area (TPSA) is 20.2 Å². The summed E-state index contributed by atoms with van der Waals surface area (Å²) in [4.78, 5) is 0. The summed E-state index contributed by atoms with van der Waals surface area (Å²) in [5.41, 5.74) is 0.279. The van der Waals surface area contributed by atoms with Gasteiger partial charge in [0.1, 0.15) is 12.3 Å². The minimum Gasteiger partial charge on any atom is -0.383 e. The van der Waals surface area contributed by atoms with Gasteiger partial charge in [-0.3, -0.25) is 0 Å². The van der Waals surface area contributed by atoms with Crippen molar-refractivity contribution in [3.8, 4) is 0 Å². The molecule has 0 amide bonds. The highest BCUT2D eigenvalue weighted by atomic mass is 79.9. The summed E-state index contributed by atoms with van der Waals surface area (Å²) in [6, 6.07) is 5.33. The summed E-state index contributed by atoms with van der Waals surface area (Å²) in [5.74, 6) is 0. The second-order valence-electron chi connectivity index (χ2n) is 3.37. The van der Waals surface area contributed by atoms with Crippen LogP contribution >= 0.6 is 15.9 Å². The van der Waals surface area contributed by atoms with Crippen LogP contribution in [0.2, 0.25) is 0 Å². The van der Waals surface area contributed by atoms with Gasteiger partial charge in [0, 0.05) is 4.47 Å². The maximum Gasteiger partial charge on any atom is 0.122 e. The lowest BCUT2D eigenvalue weighted by Crippen LogP contribution is -2.23. The molecule has 1 rings (SSSR count). The molecular weight excluding hydrogens is 235 g/mol. The second kappa shape index (κ2) is 3.76. The SMILES string of the molecule is Cc1ccc(C(C)(O)CF)cc1Br. The zero-order valence-electron chi connectivity index (χ0n) is 7.64. The van der Waals surface area contributed by atoms with Crippen molar-refractivity contribution in [3.63, 3.8) is 0 Å². The van der Waals surface area contributed by atoms with Gasteiger partial charge >= 0.3 is 0 Å². The highest BCUT2D eigenvalue weighted by Gasteiger charge is 2.22. The molecule has 0 saturated heterocycles. The van der Waals surface area contributed by atoms with Gasteiger partial charge in [0.15, 0.2) is 0 Å². The third-order valence-electron chi connectivity index (χ3n) is 2.05. The van der Waals surface area contributed by atoms with E-state index < -0.39 is 12.3 Å². The van der Waals surface area contributed by atoms with Crippen molar-refractivity contribution < 1.29 is 9.50 Å². The molecular formula is C10H12BrFO. The molecule has 0 saturated carbocycles. The molecule has 72 valence electrons. The Kier molecular flexibility index (Phi) is 3.09. The van der Waals surface area contributed by atoms with E-state index in [1.54, 1.807) is 12.1 Å². The molecule has 0 aliphatic heterocycles. The maximum absolute atomic E-state index is 12.4. The second-order valence-corrected chi connectivity index (χ2v) is 4.23. The molecule has 1 N–H and O–H groups in total. The molecule has 3 heteroatoms. The number of aliphatic hydroxyl groups is 1. The van der Waals surface area contributed by atoms with Gasteiger partial charge in [-0.2, -0.15) is 0 Å². The minimum absolute atomic E-state index is 0.590. The number of benzene rings is 1. The highest BCUT2D eigenvalue weighted by molar-refractivity contribution is 9.10. The predicted octanol–water partition coefficient (Wildman–Crippen LogP) is 2.93. The Bertz CT molecular complexity index is 310. The van der Waals surface area contributed by atoms with Crippen LogP contribution < -0.4 is 0 Å². The van der Waals surface area contributed by atoms with E-state index in [-0.39, 0.29) is 0 Å². The first kappa shape index (κ1) is 10.7. The van der Waals surface area contributed by atoms with Crippen LogP contribution in [-0.2, 0) is 5.60 Å². The molecule has 0 aliphatic carbocycles. The Labute approximate surface area is 85.7 Å². The van der Waals surface area contributed by atoms with E-state index in [1.165, 1.54) is 6.92 Å². The Morgan fingerprint density at radius 1 is 1.54 bits per heavy atom. The zero-order chi connectivity index (χ0) is 10.1. The maximum atomic E-state index is 12.4. The lowest BCUT2D eigenvalue weighted by molar-refractivity contribution is 0.0299. The molecule has 0 bridgehead atoms. The molecule has 1 nitrogen and oxygen atoms in total. The van der Waals surface area contributed by atoms with Gasteiger partial charge in [-0.15, -0.1) is 0 Å². The summed E-state index contributed by atoms with van der Waals surface area (Å²) in [6.45, 7) is 2.63. The smallest absolute Gasteiger partial charge is 0.122 e. The van der Waals surface area contributed by atoms with Crippen molar-refractivity contribution in [1.82, 2.24) is 0 Å². The fourth-order valence-electron chi connectivity index (χ4n) is 1.01. The van der Waals surface area contributed by atoms with E-state index in [0.29, 0.717) is 5.56 Å². The van der Waals surface area contributed by atoms with E-state index in [1.807, 2.05) is 13.0 Å². The Balaban J connectivity index is 3.10. The summed E-state index contributed by atoms with van der Waals surface area (Å²) in [5, 5.41) is 9.61. The van der Waals surface area contributed by atoms with Crippen molar-refractivity contribution in [2.24, 2.45) is 0 Å². The van der Waals surface area contributed by atoms with Crippen LogP contribution in [0.3, 0.4) is 0 Å². The van der Waals surface area contributed by atoms with Gasteiger partial charge in [-0.1, -0.05) is 28.1 Å². The lowest BCUT2D eigenvalue weighted by atomic mass is 9.97. The quantitative estimate of drug-likeness (QED) is 0.851. The van der Waals surface area contributed by atoms with Crippen LogP contribution in [0.15, 0.2) is 22.7 Å². The molecule has 0 aliphatic rings. The van der Waals surface area contributed by atoms with Gasteiger partial charge in [-0.05, 0) is 31.0 Å². The summed E-state index contributed by atoms with van der Waals surface area (Å²) < 4.78 is 13.3. The normalized spacial score (nSPS) is 15.5. The fraction of sp³-hybridized carbons (Fsp3) is 0.400. The average molecular weight is 247 g/mol. The zero-order valence-corrected chi connectivity index (χ0v) is 9.23. The van der Waals surface area contributed by atoms with Crippen LogP contribution in [0, 0.1) is 6.92 Å². The third kappa shape index (κ3) is 2.29. The van der Waals surface area contributed by atoms with E-state index in [0.717, 1.165) is 10.0 Å². The first-order valence-electron chi connectivity index (χ1n) is 4.02. The summed E-state index contributed by atoms with van der Waals surface area (Å²) in [7, 11) is 0. The Hall–Kier alpha value is -0.410. The van der Waals surface area contributed by atoms with E-state index >= 15 is 0 Å². The van der Waals surface area contributed by atoms with Gasteiger partial charge < -0.3 is 5.11 Å². The lowest BCUT2D eigenvalue weighted by Gasteiger charge is -2.20. The molecule has 1 atom stereocenters. The fourth-order valence-corrected chi connectivity index (χ4v) is 1.38. The summed E-state index contributed by atoms with van der Waals surface area (Å²) >= 11 is 3.33. The standard InChI is InChI=1S/C10H12BrFO/c1-7-3-4-8(5-9(7)11)10(2,13)6-12/h3-5,13H,6H2,1-2H3. The molecule has 0 spiro atoms. The van der Waals surface area contributed by atoms with E-state index in [4.69, 9.17) is 0 Å². The molecule has 1 aromatic rings. The third-order valence-corrected chi connectivity index (χ3v) is 2.91. The first-order chi connectivity index (χ1) is 5.97. The number of aryl methyl sites for hydroxylation is 1. The van der Waals surface area contributed by atoms with Crippen LogP contribution in [0.4, 0.5) is 4.39 Å². The molecule has 1 aromatic carbocycles. The van der Waals surface area contributed by atoms with Gasteiger partial charge in [0.2, 0.25) is 0 Å². The molecule has 0 fully saturated rings. The first-order valence-corrected chi connectivity index (χ1v) is 4.81. The molecule has 13 heavy (non-hydrogen) atoms. The van der Waals surface area contributed by atoms with Crippen LogP contribution in [-0.4, -0.2) is 11.8 Å². The van der Waals surface area contributed by atoms with Crippen molar-refractivity contribution in [3.05, 3.63) is 33.8 Å². The predicted molar refractivity (Wildman–Crippen MR) is 54.4 cm³/mol. The largest absolute Gasteiger partial charge is 0.383 e. The van der Waals surface area contributed by atoms with Crippen molar-refractivity contribution >= 4 is 15.9 Å². The van der Waals surface area contributed by atoms with Crippen LogP contribution in [0.5, 0.6) is 0 Å². The molecule has 1 unspecified atom stereocenters. The molecule has 0 aromatic heterocycles. The van der Waals surface area contributed by atoms with Crippen molar-refractivity contribution in [2.75, 3.05) is 6.67 Å². The van der Waals surface area contributed by atoms with Gasteiger partial charge in [0.25, 0.3) is 0 Å². The van der Waals surface area contributed by atoms with Gasteiger partial charge in [-0.25, -0.2) is 4.39 Å². The number of hydrogen-bond donors (Lipinski definition) is 1. The monoisotopic (exact) mass is 246 g/mol. The minimum atomic E-state index is -1.38. The van der Waals surface area contributed by atoms with Crippen molar-refractivity contribution in [1.29, 1.82) is 0 Å². The number of halogens is 2. The Morgan fingerprint density at radius 2 is 2.15 bits per heavy atom. The highest BCUT2D eigenvalue weighted by Crippen LogP contribution is 2.26. The number of alkyl halides is 1. The van der Waals surface area contributed by atoms with Crippen LogP contribution in [0.25, 0.3) is 0 Å². The van der Waals surface area contributed by atoms with E-state index in [2.05, 4.69) is 15.9 Å². The Morgan fingerprint density at radius 3 is 2.62 bits per heavy atom. The molecule has 0 heterocycles.